The number of nitro groups is 1. The van der Waals surface area contributed by atoms with Crippen LogP contribution in [-0.4, -0.2) is 31.3 Å². The summed E-state index contributed by atoms with van der Waals surface area (Å²) < 4.78 is 1.99. The third kappa shape index (κ3) is 5.00. The van der Waals surface area contributed by atoms with Crippen LogP contribution < -0.4 is 5.32 Å². The number of hydrogen-bond donors (Lipinski definition) is 1. The van der Waals surface area contributed by atoms with E-state index in [1.807, 2.05) is 41.8 Å². The molecule has 0 aliphatic carbocycles. The van der Waals surface area contributed by atoms with Gasteiger partial charge in [0.05, 0.1) is 21.9 Å². The second kappa shape index (κ2) is 9.33. The van der Waals surface area contributed by atoms with Gasteiger partial charge in [0.2, 0.25) is 5.91 Å². The molecule has 29 heavy (non-hydrogen) atoms. The van der Waals surface area contributed by atoms with Crippen molar-refractivity contribution < 1.29 is 9.72 Å². The van der Waals surface area contributed by atoms with Crippen molar-refractivity contribution in [3.05, 3.63) is 75.6 Å². The molecule has 1 aromatic heterocycles. The lowest BCUT2D eigenvalue weighted by Crippen LogP contribution is -2.16. The van der Waals surface area contributed by atoms with Crippen LogP contribution in [0.3, 0.4) is 0 Å². The van der Waals surface area contributed by atoms with Gasteiger partial charge in [-0.25, -0.2) is 0 Å². The number of rotatable bonds is 8. The summed E-state index contributed by atoms with van der Waals surface area (Å²) in [6, 6.07) is 14.6. The Morgan fingerprint density at radius 3 is 2.62 bits per heavy atom. The third-order valence-electron chi connectivity index (χ3n) is 4.42. The molecule has 1 N–H and O–H groups in total. The van der Waals surface area contributed by atoms with Crippen LogP contribution in [0.25, 0.3) is 0 Å². The fourth-order valence-electron chi connectivity index (χ4n) is 2.93. The predicted octanol–water partition coefficient (Wildman–Crippen LogP) is 3.84. The number of nitrogens with zero attached hydrogens (tertiary/aromatic N) is 4. The van der Waals surface area contributed by atoms with Crippen molar-refractivity contribution in [2.75, 3.05) is 11.1 Å². The summed E-state index contributed by atoms with van der Waals surface area (Å²) in [5, 5.41) is 23.0. The van der Waals surface area contributed by atoms with Gasteiger partial charge in [-0.3, -0.25) is 14.9 Å². The molecule has 0 bridgehead atoms. The van der Waals surface area contributed by atoms with Crippen LogP contribution in [0.1, 0.15) is 23.9 Å². The molecule has 0 saturated carbocycles. The molecule has 1 heterocycles. The van der Waals surface area contributed by atoms with Crippen LogP contribution in [0.4, 0.5) is 11.4 Å². The molecule has 3 rings (SSSR count). The van der Waals surface area contributed by atoms with Gasteiger partial charge in [0.1, 0.15) is 5.82 Å². The molecule has 150 valence electrons. The molecule has 0 unspecified atom stereocenters. The van der Waals surface area contributed by atoms with Crippen molar-refractivity contribution in [1.29, 1.82) is 0 Å². The topological polar surface area (TPSA) is 103 Å². The maximum atomic E-state index is 12.4. The molecule has 3 aromatic rings. The van der Waals surface area contributed by atoms with Crippen molar-refractivity contribution in [3.8, 4) is 0 Å². The molecular formula is C20H21N5O3S. The lowest BCUT2D eigenvalue weighted by molar-refractivity contribution is -0.385. The first kappa shape index (κ1) is 20.5. The number of carbonyl (C=O) groups excluding carboxylic acids is 1. The first-order valence-corrected chi connectivity index (χ1v) is 10.1. The number of aromatic nitrogens is 3. The first-order valence-electron chi connectivity index (χ1n) is 9.12. The Hall–Kier alpha value is -3.20. The fraction of sp³-hybridized carbons (Fsp3) is 0.250. The van der Waals surface area contributed by atoms with E-state index < -0.39 is 4.92 Å². The number of anilines is 1. The Morgan fingerprint density at radius 2 is 1.93 bits per heavy atom. The third-order valence-corrected chi connectivity index (χ3v) is 5.39. The van der Waals surface area contributed by atoms with E-state index in [1.54, 1.807) is 19.1 Å². The van der Waals surface area contributed by atoms with E-state index in [-0.39, 0.29) is 17.3 Å². The van der Waals surface area contributed by atoms with Crippen LogP contribution in [0.5, 0.6) is 0 Å². The van der Waals surface area contributed by atoms with Gasteiger partial charge < -0.3 is 9.88 Å². The van der Waals surface area contributed by atoms with Crippen molar-refractivity contribution in [2.45, 2.75) is 32.0 Å². The van der Waals surface area contributed by atoms with E-state index in [1.165, 1.54) is 17.8 Å². The molecule has 0 radical (unpaired) electrons. The lowest BCUT2D eigenvalue weighted by Gasteiger charge is -2.09. The number of nitrogens with one attached hydrogen (secondary N) is 1. The Morgan fingerprint density at radius 1 is 1.17 bits per heavy atom. The standard InChI is InChI=1S/C20H21N5O3S/c1-3-24-18(12-15-8-5-4-6-9-15)22-23-20(24)29-13-19(26)21-16-10-7-11-17(14(16)2)25(27)28/h4-11H,3,12-13H2,1-2H3,(H,21,26). The highest BCUT2D eigenvalue weighted by atomic mass is 32.2. The van der Waals surface area contributed by atoms with Crippen molar-refractivity contribution >= 4 is 29.0 Å². The zero-order valence-corrected chi connectivity index (χ0v) is 17.0. The normalized spacial score (nSPS) is 10.7. The number of benzene rings is 2. The minimum Gasteiger partial charge on any atom is -0.325 e. The van der Waals surface area contributed by atoms with E-state index in [9.17, 15) is 14.9 Å². The predicted molar refractivity (Wildman–Crippen MR) is 112 cm³/mol. The lowest BCUT2D eigenvalue weighted by atomic mass is 10.1. The second-order valence-electron chi connectivity index (χ2n) is 6.35. The van der Waals surface area contributed by atoms with E-state index in [0.717, 1.165) is 11.4 Å². The summed E-state index contributed by atoms with van der Waals surface area (Å²) in [7, 11) is 0. The summed E-state index contributed by atoms with van der Waals surface area (Å²) in [6.45, 7) is 4.32. The maximum absolute atomic E-state index is 12.4. The van der Waals surface area contributed by atoms with Crippen LogP contribution in [-0.2, 0) is 17.8 Å². The minimum absolute atomic E-state index is 0.0215. The van der Waals surface area contributed by atoms with Crippen molar-refractivity contribution in [1.82, 2.24) is 14.8 Å². The van der Waals surface area contributed by atoms with Gasteiger partial charge in [-0.05, 0) is 25.5 Å². The van der Waals surface area contributed by atoms with Gasteiger partial charge in [-0.15, -0.1) is 10.2 Å². The molecule has 0 atom stereocenters. The highest BCUT2D eigenvalue weighted by Crippen LogP contribution is 2.25. The van der Waals surface area contributed by atoms with Gasteiger partial charge >= 0.3 is 0 Å². The summed E-state index contributed by atoms with van der Waals surface area (Å²) >= 11 is 1.29. The Balaban J connectivity index is 1.65. The van der Waals surface area contributed by atoms with Crippen LogP contribution >= 0.6 is 11.8 Å². The summed E-state index contributed by atoms with van der Waals surface area (Å²) in [6.07, 6.45) is 0.668. The minimum atomic E-state index is -0.461. The van der Waals surface area contributed by atoms with Crippen molar-refractivity contribution in [3.63, 3.8) is 0 Å². The van der Waals surface area contributed by atoms with Crippen LogP contribution in [0, 0.1) is 17.0 Å². The highest BCUT2D eigenvalue weighted by Gasteiger charge is 2.17. The smallest absolute Gasteiger partial charge is 0.274 e. The van der Waals surface area contributed by atoms with Crippen LogP contribution in [0.15, 0.2) is 53.7 Å². The maximum Gasteiger partial charge on any atom is 0.274 e. The molecule has 9 heteroatoms. The highest BCUT2D eigenvalue weighted by molar-refractivity contribution is 7.99. The monoisotopic (exact) mass is 411 g/mol. The van der Waals surface area contributed by atoms with E-state index in [2.05, 4.69) is 15.5 Å². The fourth-order valence-corrected chi connectivity index (χ4v) is 3.75. The van der Waals surface area contributed by atoms with Crippen molar-refractivity contribution in [2.24, 2.45) is 0 Å². The second-order valence-corrected chi connectivity index (χ2v) is 7.29. The SMILES string of the molecule is CCn1c(Cc2ccccc2)nnc1SCC(=O)Nc1cccc([N+](=O)[O-])c1C. The van der Waals surface area contributed by atoms with Gasteiger partial charge in [-0.1, -0.05) is 48.2 Å². The average molecular weight is 411 g/mol. The van der Waals surface area contributed by atoms with E-state index in [0.29, 0.717) is 29.4 Å². The van der Waals surface area contributed by atoms with Gasteiger partial charge in [0.15, 0.2) is 5.16 Å². The van der Waals surface area contributed by atoms with Gasteiger partial charge in [0.25, 0.3) is 5.69 Å². The molecule has 0 aliphatic heterocycles. The van der Waals surface area contributed by atoms with Gasteiger partial charge in [-0.2, -0.15) is 0 Å². The molecule has 0 saturated heterocycles. The number of carbonyl (C=O) groups is 1. The zero-order chi connectivity index (χ0) is 20.8. The molecule has 2 aromatic carbocycles. The molecule has 0 spiro atoms. The zero-order valence-electron chi connectivity index (χ0n) is 16.2. The summed E-state index contributed by atoms with van der Waals surface area (Å²) in [5.41, 5.74) is 1.99. The quantitative estimate of drug-likeness (QED) is 0.343. The van der Waals surface area contributed by atoms with Gasteiger partial charge in [0, 0.05) is 19.0 Å². The number of hydrogen-bond acceptors (Lipinski definition) is 6. The van der Waals surface area contributed by atoms with Crippen LogP contribution in [0.2, 0.25) is 0 Å². The molecule has 0 fully saturated rings. The molecular weight excluding hydrogens is 390 g/mol. The largest absolute Gasteiger partial charge is 0.325 e. The number of nitro benzene ring substituents is 1. The number of amides is 1. The van der Waals surface area contributed by atoms with E-state index >= 15 is 0 Å². The molecule has 8 nitrogen and oxygen atoms in total. The summed E-state index contributed by atoms with van der Waals surface area (Å²) in [4.78, 5) is 22.9. The Kier molecular flexibility index (Phi) is 6.61. The average Bonchev–Trinajstić information content (AvgIpc) is 3.10. The first-order chi connectivity index (χ1) is 14.0. The Labute approximate surface area is 172 Å². The van der Waals surface area contributed by atoms with E-state index in [4.69, 9.17) is 0 Å². The number of thioether (sulfide) groups is 1. The Bertz CT molecular complexity index is 1020. The molecule has 0 aliphatic rings. The molecule has 1 amide bonds. The summed E-state index contributed by atoms with van der Waals surface area (Å²) in [5.74, 6) is 0.719.